The third-order valence-electron chi connectivity index (χ3n) is 4.66. The van der Waals surface area contributed by atoms with Gasteiger partial charge >= 0.3 is 0 Å². The number of amides is 1. The Balaban J connectivity index is 1.40. The molecule has 0 spiro atoms. The minimum atomic E-state index is 0.0134. The van der Waals surface area contributed by atoms with Crippen LogP contribution in [0.15, 0.2) is 48.8 Å². The molecule has 3 aromatic rings. The van der Waals surface area contributed by atoms with E-state index in [1.54, 1.807) is 17.5 Å². The third-order valence-corrected chi connectivity index (χ3v) is 5.90. The van der Waals surface area contributed by atoms with E-state index < -0.39 is 0 Å². The summed E-state index contributed by atoms with van der Waals surface area (Å²) in [5.74, 6) is 0.737. The van der Waals surface area contributed by atoms with Gasteiger partial charge in [0.25, 0.3) is 5.91 Å². The lowest BCUT2D eigenvalue weighted by Crippen LogP contribution is -2.21. The molecule has 2 heterocycles. The molecule has 0 radical (unpaired) electrons. The number of hydrogen-bond donors (Lipinski definition) is 1. The minimum Gasteiger partial charge on any atom is -0.347 e. The fraction of sp³-hybridized carbons (Fsp3) is 0.300. The van der Waals surface area contributed by atoms with Crippen LogP contribution in [0.2, 0.25) is 0 Å². The van der Waals surface area contributed by atoms with Gasteiger partial charge in [-0.25, -0.2) is 4.68 Å². The van der Waals surface area contributed by atoms with Crippen molar-refractivity contribution in [1.29, 1.82) is 0 Å². The fourth-order valence-corrected chi connectivity index (χ4v) is 4.39. The van der Waals surface area contributed by atoms with E-state index in [0.717, 1.165) is 34.9 Å². The van der Waals surface area contributed by atoms with Crippen LogP contribution in [-0.2, 0) is 19.4 Å². The largest absolute Gasteiger partial charge is 0.347 e. The molecule has 0 bridgehead atoms. The Morgan fingerprint density at radius 3 is 3.04 bits per heavy atom. The van der Waals surface area contributed by atoms with E-state index in [1.807, 2.05) is 41.2 Å². The van der Waals surface area contributed by atoms with Gasteiger partial charge in [-0.2, -0.15) is 5.10 Å². The number of thiophene rings is 1. The summed E-state index contributed by atoms with van der Waals surface area (Å²) in [7, 11) is 0. The summed E-state index contributed by atoms with van der Waals surface area (Å²) in [4.78, 5) is 14.7. The number of nitrogens with zero attached hydrogens (tertiary/aromatic N) is 2. The van der Waals surface area contributed by atoms with Gasteiger partial charge in [0.05, 0.1) is 16.8 Å². The van der Waals surface area contributed by atoms with Crippen LogP contribution >= 0.6 is 11.3 Å². The van der Waals surface area contributed by atoms with Crippen molar-refractivity contribution in [3.05, 3.63) is 69.7 Å². The van der Waals surface area contributed by atoms with Gasteiger partial charge in [-0.3, -0.25) is 4.79 Å². The summed E-state index contributed by atoms with van der Waals surface area (Å²) in [5.41, 5.74) is 3.37. The highest BCUT2D eigenvalue weighted by molar-refractivity contribution is 7.14. The molecular formula is C20H21N3OS. The van der Waals surface area contributed by atoms with E-state index in [1.165, 1.54) is 16.9 Å². The number of benzene rings is 1. The second kappa shape index (κ2) is 6.84. The number of hydrogen-bond acceptors (Lipinski definition) is 3. The zero-order valence-corrected chi connectivity index (χ0v) is 15.1. The highest BCUT2D eigenvalue weighted by Gasteiger charge is 2.20. The highest BCUT2D eigenvalue weighted by atomic mass is 32.1. The van der Waals surface area contributed by atoms with E-state index in [2.05, 4.69) is 23.4 Å². The van der Waals surface area contributed by atoms with Gasteiger partial charge in [-0.05, 0) is 48.9 Å². The first-order chi connectivity index (χ1) is 12.2. The SMILES string of the molecule is CC1CCc2sc(C(=O)NCc3cnn(-c4ccccc4)c3)cc2C1. The van der Waals surface area contributed by atoms with Crippen molar-refractivity contribution in [3.63, 3.8) is 0 Å². The van der Waals surface area contributed by atoms with Gasteiger partial charge in [0.15, 0.2) is 0 Å². The van der Waals surface area contributed by atoms with Gasteiger partial charge in [0.1, 0.15) is 0 Å². The lowest BCUT2D eigenvalue weighted by atomic mass is 9.90. The van der Waals surface area contributed by atoms with Crippen LogP contribution in [-0.4, -0.2) is 15.7 Å². The molecule has 1 aliphatic carbocycles. The van der Waals surface area contributed by atoms with E-state index in [4.69, 9.17) is 0 Å². The zero-order chi connectivity index (χ0) is 17.2. The maximum Gasteiger partial charge on any atom is 0.261 e. The molecule has 0 saturated carbocycles. The maximum absolute atomic E-state index is 12.5. The van der Waals surface area contributed by atoms with E-state index >= 15 is 0 Å². The minimum absolute atomic E-state index is 0.0134. The molecule has 25 heavy (non-hydrogen) atoms. The van der Waals surface area contributed by atoms with Gasteiger partial charge in [0, 0.05) is 23.2 Å². The number of para-hydroxylation sites is 1. The number of carbonyl (C=O) groups is 1. The monoisotopic (exact) mass is 351 g/mol. The molecule has 4 rings (SSSR count). The van der Waals surface area contributed by atoms with Crippen LogP contribution in [0.4, 0.5) is 0 Å². The first kappa shape index (κ1) is 16.1. The van der Waals surface area contributed by atoms with Gasteiger partial charge in [0.2, 0.25) is 0 Å². The molecule has 5 heteroatoms. The molecule has 1 N–H and O–H groups in total. The van der Waals surface area contributed by atoms with Crippen LogP contribution < -0.4 is 5.32 Å². The highest BCUT2D eigenvalue weighted by Crippen LogP contribution is 2.32. The molecule has 0 saturated heterocycles. The average molecular weight is 351 g/mol. The third kappa shape index (κ3) is 3.51. The molecule has 1 aliphatic rings. The Morgan fingerprint density at radius 2 is 2.20 bits per heavy atom. The summed E-state index contributed by atoms with van der Waals surface area (Å²) in [6.07, 6.45) is 7.19. The molecule has 128 valence electrons. The summed E-state index contributed by atoms with van der Waals surface area (Å²) in [5, 5.41) is 7.38. The Labute approximate surface area is 151 Å². The van der Waals surface area contributed by atoms with Crippen molar-refractivity contribution in [1.82, 2.24) is 15.1 Å². The number of carbonyl (C=O) groups excluding carboxylic acids is 1. The predicted octanol–water partition coefficient (Wildman–Crippen LogP) is 3.99. The lowest BCUT2D eigenvalue weighted by molar-refractivity contribution is 0.0955. The smallest absolute Gasteiger partial charge is 0.261 e. The van der Waals surface area contributed by atoms with Gasteiger partial charge < -0.3 is 5.32 Å². The lowest BCUT2D eigenvalue weighted by Gasteiger charge is -2.16. The molecular weight excluding hydrogens is 330 g/mol. The second-order valence-electron chi connectivity index (χ2n) is 6.72. The number of rotatable bonds is 4. The molecule has 0 aliphatic heterocycles. The summed E-state index contributed by atoms with van der Waals surface area (Å²) >= 11 is 1.65. The fourth-order valence-electron chi connectivity index (χ4n) is 3.26. The van der Waals surface area contributed by atoms with Crippen molar-refractivity contribution in [2.75, 3.05) is 0 Å². The zero-order valence-electron chi connectivity index (χ0n) is 14.2. The topological polar surface area (TPSA) is 46.9 Å². The number of aryl methyl sites for hydroxylation is 1. The predicted molar refractivity (Wildman–Crippen MR) is 100 cm³/mol. The molecule has 4 nitrogen and oxygen atoms in total. The average Bonchev–Trinajstić information content (AvgIpc) is 3.27. The Hall–Kier alpha value is -2.40. The summed E-state index contributed by atoms with van der Waals surface area (Å²) < 4.78 is 1.83. The number of fused-ring (bicyclic) bond motifs is 1. The normalized spacial score (nSPS) is 16.4. The first-order valence-corrected chi connectivity index (χ1v) is 9.49. The Kier molecular flexibility index (Phi) is 4.40. The molecule has 1 aromatic carbocycles. The number of nitrogens with one attached hydrogen (secondary N) is 1. The van der Waals surface area contributed by atoms with Crippen LogP contribution in [0.25, 0.3) is 5.69 Å². The van der Waals surface area contributed by atoms with E-state index in [-0.39, 0.29) is 5.91 Å². The van der Waals surface area contributed by atoms with Crippen molar-refractivity contribution in [2.45, 2.75) is 32.7 Å². The first-order valence-electron chi connectivity index (χ1n) is 8.68. The van der Waals surface area contributed by atoms with Gasteiger partial charge in [-0.1, -0.05) is 25.1 Å². The van der Waals surface area contributed by atoms with Crippen molar-refractivity contribution >= 4 is 17.2 Å². The molecule has 1 amide bonds. The van der Waals surface area contributed by atoms with Crippen LogP contribution in [0.5, 0.6) is 0 Å². The number of aromatic nitrogens is 2. The molecule has 0 fully saturated rings. The molecule has 1 atom stereocenters. The quantitative estimate of drug-likeness (QED) is 0.772. The summed E-state index contributed by atoms with van der Waals surface area (Å²) in [6.45, 7) is 2.77. The van der Waals surface area contributed by atoms with E-state index in [0.29, 0.717) is 6.54 Å². The van der Waals surface area contributed by atoms with Crippen molar-refractivity contribution < 1.29 is 4.79 Å². The molecule has 1 unspecified atom stereocenters. The maximum atomic E-state index is 12.5. The Morgan fingerprint density at radius 1 is 1.36 bits per heavy atom. The Bertz CT molecular complexity index is 881. The van der Waals surface area contributed by atoms with Crippen LogP contribution in [0.1, 0.15) is 39.0 Å². The van der Waals surface area contributed by atoms with Crippen LogP contribution in [0, 0.1) is 5.92 Å². The van der Waals surface area contributed by atoms with Crippen molar-refractivity contribution in [2.24, 2.45) is 5.92 Å². The standard InChI is InChI=1S/C20H21N3OS/c1-14-7-8-18-16(9-14)10-19(25-18)20(24)21-11-15-12-22-23(13-15)17-5-3-2-4-6-17/h2-6,10,12-14H,7-9,11H2,1H3,(H,21,24). The molecule has 2 aromatic heterocycles. The van der Waals surface area contributed by atoms with E-state index in [9.17, 15) is 4.79 Å². The van der Waals surface area contributed by atoms with Crippen molar-refractivity contribution in [3.8, 4) is 5.69 Å². The van der Waals surface area contributed by atoms with Crippen LogP contribution in [0.3, 0.4) is 0 Å². The van der Waals surface area contributed by atoms with Gasteiger partial charge in [-0.15, -0.1) is 11.3 Å². The summed E-state index contributed by atoms with van der Waals surface area (Å²) in [6, 6.07) is 12.0. The second-order valence-corrected chi connectivity index (χ2v) is 7.86.